The Balaban J connectivity index is 2.15. The molecule has 0 aliphatic heterocycles. The highest BCUT2D eigenvalue weighted by atomic mass is 16.5. The third-order valence-corrected chi connectivity index (χ3v) is 4.92. The quantitative estimate of drug-likeness (QED) is 0.719. The molecule has 0 saturated heterocycles. The van der Waals surface area contributed by atoms with Gasteiger partial charge in [0.05, 0.1) is 7.11 Å². The first-order valence-electron chi connectivity index (χ1n) is 8.22. The number of fused-ring (bicyclic) bond motifs is 1. The molecule has 0 saturated carbocycles. The zero-order chi connectivity index (χ0) is 19.2. The van der Waals surface area contributed by atoms with Crippen molar-refractivity contribution < 1.29 is 4.74 Å². The maximum atomic E-state index is 12.4. The predicted octanol–water partition coefficient (Wildman–Crippen LogP) is 1.77. The van der Waals surface area contributed by atoms with Gasteiger partial charge < -0.3 is 9.30 Å². The fraction of sp³-hybridized carbons (Fsp3) is 0.316. The van der Waals surface area contributed by atoms with Crippen LogP contribution in [0.1, 0.15) is 22.5 Å². The Morgan fingerprint density at radius 1 is 0.962 bits per heavy atom. The summed E-state index contributed by atoms with van der Waals surface area (Å²) in [5, 5.41) is 0. The standard InChI is InChI=1S/C19H22N4O3/c1-11-12(2)14(26-6)9-7-13(11)8-10-15-20-17-16(21(15)3)18(24)23(5)19(25)22(17)4/h7-10H,1-6H3. The van der Waals surface area contributed by atoms with Crippen molar-refractivity contribution >= 4 is 23.3 Å². The van der Waals surface area contributed by atoms with E-state index in [0.717, 1.165) is 27.0 Å². The summed E-state index contributed by atoms with van der Waals surface area (Å²) in [6.45, 7) is 4.05. The molecule has 3 rings (SSSR count). The van der Waals surface area contributed by atoms with Crippen molar-refractivity contribution in [1.82, 2.24) is 18.7 Å². The molecule has 3 aromatic rings. The first kappa shape index (κ1) is 17.7. The maximum absolute atomic E-state index is 12.4. The van der Waals surface area contributed by atoms with Crippen molar-refractivity contribution in [2.24, 2.45) is 21.1 Å². The van der Waals surface area contributed by atoms with Gasteiger partial charge in [-0.1, -0.05) is 12.1 Å². The lowest BCUT2D eigenvalue weighted by molar-refractivity contribution is 0.411. The van der Waals surface area contributed by atoms with Gasteiger partial charge >= 0.3 is 5.69 Å². The van der Waals surface area contributed by atoms with E-state index in [2.05, 4.69) is 4.98 Å². The van der Waals surface area contributed by atoms with E-state index >= 15 is 0 Å². The van der Waals surface area contributed by atoms with Crippen LogP contribution in [0, 0.1) is 13.8 Å². The van der Waals surface area contributed by atoms with Crippen LogP contribution >= 0.6 is 0 Å². The lowest BCUT2D eigenvalue weighted by Crippen LogP contribution is -2.37. The summed E-state index contributed by atoms with van der Waals surface area (Å²) in [5.41, 5.74) is 3.27. The van der Waals surface area contributed by atoms with Crippen LogP contribution in [0.3, 0.4) is 0 Å². The Bertz CT molecular complexity index is 1160. The number of ether oxygens (including phenoxy) is 1. The molecule has 0 atom stereocenters. The van der Waals surface area contributed by atoms with E-state index in [-0.39, 0.29) is 5.56 Å². The van der Waals surface area contributed by atoms with Gasteiger partial charge in [0.1, 0.15) is 11.6 Å². The molecular formula is C19H22N4O3. The number of aromatic nitrogens is 4. The van der Waals surface area contributed by atoms with Crippen LogP contribution in [0.4, 0.5) is 0 Å². The molecule has 0 bridgehead atoms. The summed E-state index contributed by atoms with van der Waals surface area (Å²) < 4.78 is 9.53. The van der Waals surface area contributed by atoms with Crippen molar-refractivity contribution in [2.45, 2.75) is 13.8 Å². The average Bonchev–Trinajstić information content (AvgIpc) is 2.96. The van der Waals surface area contributed by atoms with Gasteiger partial charge in [-0.05, 0) is 42.7 Å². The SMILES string of the molecule is COc1ccc(C=Cc2nc3c(c(=O)n(C)c(=O)n3C)n2C)c(C)c1C. The highest BCUT2D eigenvalue weighted by Gasteiger charge is 2.15. The molecule has 2 heterocycles. The van der Waals surface area contributed by atoms with Crippen molar-refractivity contribution in [3.63, 3.8) is 0 Å². The molecule has 0 radical (unpaired) electrons. The number of aryl methyl sites for hydroxylation is 2. The lowest BCUT2D eigenvalue weighted by Gasteiger charge is -2.10. The highest BCUT2D eigenvalue weighted by molar-refractivity contribution is 5.77. The van der Waals surface area contributed by atoms with Gasteiger partial charge in [-0.3, -0.25) is 13.9 Å². The summed E-state index contributed by atoms with van der Waals surface area (Å²) in [7, 11) is 6.51. The second-order valence-corrected chi connectivity index (χ2v) is 6.35. The number of methoxy groups -OCH3 is 1. The van der Waals surface area contributed by atoms with Crippen molar-refractivity contribution in [2.75, 3.05) is 7.11 Å². The van der Waals surface area contributed by atoms with E-state index in [9.17, 15) is 9.59 Å². The molecule has 1 aromatic carbocycles. The second kappa shape index (κ2) is 6.33. The van der Waals surface area contributed by atoms with Gasteiger partial charge in [0.25, 0.3) is 5.56 Å². The summed E-state index contributed by atoms with van der Waals surface area (Å²) >= 11 is 0. The largest absolute Gasteiger partial charge is 0.496 e. The van der Waals surface area contributed by atoms with E-state index in [0.29, 0.717) is 17.0 Å². The minimum Gasteiger partial charge on any atom is -0.496 e. The van der Waals surface area contributed by atoms with Crippen LogP contribution < -0.4 is 16.0 Å². The van der Waals surface area contributed by atoms with Crippen molar-refractivity contribution in [3.05, 3.63) is 55.5 Å². The zero-order valence-corrected chi connectivity index (χ0v) is 15.8. The van der Waals surface area contributed by atoms with E-state index in [4.69, 9.17) is 4.74 Å². The van der Waals surface area contributed by atoms with Gasteiger partial charge in [-0.25, -0.2) is 9.78 Å². The predicted molar refractivity (Wildman–Crippen MR) is 103 cm³/mol. The van der Waals surface area contributed by atoms with Crippen LogP contribution in [0.25, 0.3) is 23.3 Å². The number of nitrogens with zero attached hydrogens (tertiary/aromatic N) is 4. The Labute approximate surface area is 150 Å². The Hall–Kier alpha value is -3.09. The number of benzene rings is 1. The van der Waals surface area contributed by atoms with Gasteiger partial charge in [-0.15, -0.1) is 0 Å². The molecule has 0 spiro atoms. The summed E-state index contributed by atoms with van der Waals surface area (Å²) in [4.78, 5) is 29.0. The smallest absolute Gasteiger partial charge is 0.332 e. The molecule has 0 aliphatic carbocycles. The molecule has 0 unspecified atom stereocenters. The normalized spacial score (nSPS) is 11.6. The van der Waals surface area contributed by atoms with E-state index in [1.54, 1.807) is 25.8 Å². The van der Waals surface area contributed by atoms with Crippen molar-refractivity contribution in [1.29, 1.82) is 0 Å². The van der Waals surface area contributed by atoms with Gasteiger partial charge in [0, 0.05) is 21.1 Å². The third-order valence-electron chi connectivity index (χ3n) is 4.92. The van der Waals surface area contributed by atoms with Crippen LogP contribution in [0.2, 0.25) is 0 Å². The molecule has 0 fully saturated rings. The zero-order valence-electron chi connectivity index (χ0n) is 15.8. The van der Waals surface area contributed by atoms with Gasteiger partial charge in [0.2, 0.25) is 0 Å². The molecule has 136 valence electrons. The van der Waals surface area contributed by atoms with Crippen molar-refractivity contribution in [3.8, 4) is 5.75 Å². The molecule has 2 aromatic heterocycles. The topological polar surface area (TPSA) is 71.1 Å². The first-order valence-corrected chi connectivity index (χ1v) is 8.22. The maximum Gasteiger partial charge on any atom is 0.332 e. The number of rotatable bonds is 3. The molecule has 0 amide bonds. The van der Waals surface area contributed by atoms with Crippen LogP contribution in [-0.4, -0.2) is 25.8 Å². The fourth-order valence-corrected chi connectivity index (χ4v) is 3.07. The van der Waals surface area contributed by atoms with E-state index < -0.39 is 5.69 Å². The molecule has 0 aliphatic rings. The molecule has 26 heavy (non-hydrogen) atoms. The monoisotopic (exact) mass is 354 g/mol. The lowest BCUT2D eigenvalue weighted by atomic mass is 10.0. The van der Waals surface area contributed by atoms with Crippen LogP contribution in [0.5, 0.6) is 5.75 Å². The first-order chi connectivity index (χ1) is 12.3. The van der Waals surface area contributed by atoms with Gasteiger partial charge in [-0.2, -0.15) is 0 Å². The summed E-state index contributed by atoms with van der Waals surface area (Å²) in [5.74, 6) is 1.45. The minimum atomic E-state index is -0.391. The molecule has 7 heteroatoms. The third kappa shape index (κ3) is 2.56. The minimum absolute atomic E-state index is 0.353. The highest BCUT2D eigenvalue weighted by Crippen LogP contribution is 2.25. The Morgan fingerprint density at radius 3 is 2.31 bits per heavy atom. The van der Waals surface area contributed by atoms with Crippen LogP contribution in [-0.2, 0) is 21.1 Å². The number of imidazole rings is 1. The van der Waals surface area contributed by atoms with Crippen LogP contribution in [0.15, 0.2) is 21.7 Å². The second-order valence-electron chi connectivity index (χ2n) is 6.35. The molecule has 7 nitrogen and oxygen atoms in total. The Morgan fingerprint density at radius 2 is 1.65 bits per heavy atom. The number of hydrogen-bond donors (Lipinski definition) is 0. The van der Waals surface area contributed by atoms with Gasteiger partial charge in [0.15, 0.2) is 11.2 Å². The van der Waals surface area contributed by atoms with E-state index in [1.807, 2.05) is 38.1 Å². The summed E-state index contributed by atoms with van der Waals surface area (Å²) in [6, 6.07) is 3.91. The fourth-order valence-electron chi connectivity index (χ4n) is 3.07. The molecular weight excluding hydrogens is 332 g/mol. The Kier molecular flexibility index (Phi) is 4.31. The summed E-state index contributed by atoms with van der Waals surface area (Å²) in [6.07, 6.45) is 3.80. The van der Waals surface area contributed by atoms with E-state index in [1.165, 1.54) is 11.6 Å². The number of hydrogen-bond acceptors (Lipinski definition) is 4. The molecule has 0 N–H and O–H groups in total. The average molecular weight is 354 g/mol.